The zero-order valence-electron chi connectivity index (χ0n) is 8.74. The zero-order valence-corrected chi connectivity index (χ0v) is 9.85. The monoisotopic (exact) mass is 257 g/mol. The van der Waals surface area contributed by atoms with Gasteiger partial charge in [0, 0.05) is 6.08 Å². The molecule has 2 aliphatic rings. The SMILES string of the molecule is O=C(O)/C=C/C1=CC=CC1.[C-]1=CC=CC1.[Fe+2]. The maximum atomic E-state index is 10.0. The van der Waals surface area contributed by atoms with Crippen molar-refractivity contribution >= 4 is 5.97 Å². The molecule has 0 unspecified atom stereocenters. The Labute approximate surface area is 106 Å². The Bertz CT molecular complexity index is 350. The van der Waals surface area contributed by atoms with Gasteiger partial charge in [0.05, 0.1) is 0 Å². The minimum absolute atomic E-state index is 0. The van der Waals surface area contributed by atoms with Crippen LogP contribution in [0.5, 0.6) is 0 Å². The Kier molecular flexibility index (Phi) is 8.22. The van der Waals surface area contributed by atoms with Crippen LogP contribution in [0.3, 0.4) is 0 Å². The first-order valence-corrected chi connectivity index (χ1v) is 4.77. The molecule has 0 fully saturated rings. The van der Waals surface area contributed by atoms with Gasteiger partial charge in [-0.2, -0.15) is 6.08 Å². The summed E-state index contributed by atoms with van der Waals surface area (Å²) in [5.74, 6) is -0.896. The summed E-state index contributed by atoms with van der Waals surface area (Å²) < 4.78 is 0. The molecule has 2 rings (SSSR count). The predicted molar refractivity (Wildman–Crippen MR) is 60.2 cm³/mol. The van der Waals surface area contributed by atoms with Crippen LogP contribution in [0, 0.1) is 6.08 Å². The van der Waals surface area contributed by atoms with Crippen LogP contribution in [0.25, 0.3) is 0 Å². The Morgan fingerprint density at radius 2 is 2.19 bits per heavy atom. The molecule has 0 atom stereocenters. The fourth-order valence-electron chi connectivity index (χ4n) is 1.11. The van der Waals surface area contributed by atoms with Crippen molar-refractivity contribution in [3.8, 4) is 0 Å². The molecule has 1 N–H and O–H groups in total. The smallest absolute Gasteiger partial charge is 0.478 e. The Balaban J connectivity index is 0.000000318. The molecule has 0 heterocycles. The van der Waals surface area contributed by atoms with Crippen LogP contribution < -0.4 is 0 Å². The molecule has 84 valence electrons. The Hall–Kier alpha value is -1.31. The van der Waals surface area contributed by atoms with Crippen LogP contribution in [-0.2, 0) is 21.9 Å². The Morgan fingerprint density at radius 3 is 2.56 bits per heavy atom. The van der Waals surface area contributed by atoms with Gasteiger partial charge in [-0.05, 0) is 12.0 Å². The van der Waals surface area contributed by atoms with E-state index in [1.807, 2.05) is 30.4 Å². The molecule has 0 aromatic rings. The van der Waals surface area contributed by atoms with E-state index >= 15 is 0 Å². The van der Waals surface area contributed by atoms with Crippen molar-refractivity contribution in [3.63, 3.8) is 0 Å². The van der Waals surface area contributed by atoms with Gasteiger partial charge in [-0.15, -0.1) is 6.42 Å². The summed E-state index contributed by atoms with van der Waals surface area (Å²) in [6.07, 6.45) is 19.4. The quantitative estimate of drug-likeness (QED) is 0.469. The number of hydrogen-bond donors (Lipinski definition) is 1. The molecule has 16 heavy (non-hydrogen) atoms. The fraction of sp³-hybridized carbons (Fsp3) is 0.154. The van der Waals surface area contributed by atoms with Crippen LogP contribution in [0.15, 0.2) is 54.2 Å². The van der Waals surface area contributed by atoms with Crippen molar-refractivity contribution < 1.29 is 27.0 Å². The zero-order chi connectivity index (χ0) is 10.9. The number of carboxylic acids is 1. The summed E-state index contributed by atoms with van der Waals surface area (Å²) in [5.41, 5.74) is 1.04. The van der Waals surface area contributed by atoms with E-state index in [1.165, 1.54) is 0 Å². The van der Waals surface area contributed by atoms with E-state index in [9.17, 15) is 4.79 Å². The van der Waals surface area contributed by atoms with Gasteiger partial charge in [-0.3, -0.25) is 6.08 Å². The molecule has 0 aliphatic heterocycles. The first-order chi connectivity index (χ1) is 7.29. The van der Waals surface area contributed by atoms with Gasteiger partial charge in [-0.25, -0.2) is 16.9 Å². The van der Waals surface area contributed by atoms with Crippen molar-refractivity contribution in [2.45, 2.75) is 12.8 Å². The maximum Gasteiger partial charge on any atom is 2.00 e. The van der Waals surface area contributed by atoms with E-state index in [4.69, 9.17) is 5.11 Å². The van der Waals surface area contributed by atoms with Crippen molar-refractivity contribution in [2.75, 3.05) is 0 Å². The molecule has 0 aromatic carbocycles. The van der Waals surface area contributed by atoms with Gasteiger partial charge in [-0.1, -0.05) is 24.3 Å². The number of allylic oxidation sites excluding steroid dienone is 9. The normalized spacial score (nSPS) is 15.6. The van der Waals surface area contributed by atoms with E-state index in [0.29, 0.717) is 0 Å². The summed E-state index contributed by atoms with van der Waals surface area (Å²) in [5, 5.41) is 8.24. The average molecular weight is 257 g/mol. The number of carbonyl (C=O) groups is 1. The summed E-state index contributed by atoms with van der Waals surface area (Å²) >= 11 is 0. The van der Waals surface area contributed by atoms with Gasteiger partial charge in [0.2, 0.25) is 0 Å². The third-order valence-corrected chi connectivity index (χ3v) is 1.83. The van der Waals surface area contributed by atoms with E-state index in [2.05, 4.69) is 12.2 Å². The minimum atomic E-state index is -0.896. The van der Waals surface area contributed by atoms with Crippen LogP contribution in [0.1, 0.15) is 12.8 Å². The molecule has 2 nitrogen and oxygen atoms in total. The van der Waals surface area contributed by atoms with Gasteiger partial charge in [0.25, 0.3) is 0 Å². The molecule has 3 heteroatoms. The first-order valence-electron chi connectivity index (χ1n) is 4.77. The summed E-state index contributed by atoms with van der Waals surface area (Å²) in [6, 6.07) is 0. The van der Waals surface area contributed by atoms with E-state index in [1.54, 1.807) is 6.08 Å². The van der Waals surface area contributed by atoms with Crippen LogP contribution in [-0.4, -0.2) is 11.1 Å². The second kappa shape index (κ2) is 8.95. The van der Waals surface area contributed by atoms with E-state index in [-0.39, 0.29) is 17.1 Å². The van der Waals surface area contributed by atoms with Crippen LogP contribution in [0.4, 0.5) is 0 Å². The average Bonchev–Trinajstić information content (AvgIpc) is 2.91. The van der Waals surface area contributed by atoms with Crippen molar-refractivity contribution in [1.82, 2.24) is 0 Å². The van der Waals surface area contributed by atoms with Crippen LogP contribution in [0.2, 0.25) is 0 Å². The maximum absolute atomic E-state index is 10.0. The van der Waals surface area contributed by atoms with Crippen LogP contribution >= 0.6 is 0 Å². The molecule has 0 radical (unpaired) electrons. The fourth-order valence-corrected chi connectivity index (χ4v) is 1.11. The molecule has 2 aliphatic carbocycles. The third-order valence-electron chi connectivity index (χ3n) is 1.83. The van der Waals surface area contributed by atoms with Crippen molar-refractivity contribution in [1.29, 1.82) is 0 Å². The molecule has 0 bridgehead atoms. The molecular formula is C13H13FeO2+. The number of rotatable bonds is 2. The Morgan fingerprint density at radius 1 is 1.38 bits per heavy atom. The molecule has 0 saturated heterocycles. The second-order valence-corrected chi connectivity index (χ2v) is 3.05. The number of hydrogen-bond acceptors (Lipinski definition) is 1. The molecule has 0 saturated carbocycles. The largest absolute Gasteiger partial charge is 2.00 e. The molecule has 0 aromatic heterocycles. The van der Waals surface area contributed by atoms with Gasteiger partial charge in [0.1, 0.15) is 0 Å². The minimum Gasteiger partial charge on any atom is -0.478 e. The summed E-state index contributed by atoms with van der Waals surface area (Å²) in [6.45, 7) is 0. The second-order valence-electron chi connectivity index (χ2n) is 3.05. The topological polar surface area (TPSA) is 37.3 Å². The summed E-state index contributed by atoms with van der Waals surface area (Å²) in [7, 11) is 0. The number of carboxylic acid groups (broad SMARTS) is 1. The first kappa shape index (κ1) is 14.7. The molecular weight excluding hydrogens is 244 g/mol. The number of aliphatic carboxylic acids is 1. The van der Waals surface area contributed by atoms with Gasteiger partial charge < -0.3 is 5.11 Å². The molecule has 0 spiro atoms. The van der Waals surface area contributed by atoms with Gasteiger partial charge in [0.15, 0.2) is 0 Å². The standard InChI is InChI=1S/C8H8O2.C5H5.Fe/c9-8(10)6-5-7-3-1-2-4-7;1-2-4-5-3-1;/h1-3,5-6H,4H2,(H,9,10);1-3H,4H2;/q;-1;+2/b6-5+;;. The van der Waals surface area contributed by atoms with E-state index < -0.39 is 5.97 Å². The molecule has 0 amide bonds. The predicted octanol–water partition coefficient (Wildman–Crippen LogP) is 2.82. The third kappa shape index (κ3) is 7.04. The van der Waals surface area contributed by atoms with Gasteiger partial charge >= 0.3 is 23.0 Å². The van der Waals surface area contributed by atoms with Crippen molar-refractivity contribution in [2.24, 2.45) is 0 Å². The van der Waals surface area contributed by atoms with Crippen molar-refractivity contribution in [3.05, 3.63) is 60.3 Å². The van der Waals surface area contributed by atoms with E-state index in [0.717, 1.165) is 24.5 Å². The summed E-state index contributed by atoms with van der Waals surface area (Å²) in [4.78, 5) is 10.0.